The van der Waals surface area contributed by atoms with Crippen molar-refractivity contribution >= 4 is 26.0 Å². The largest absolute Gasteiger partial charge is 0.491 e. The van der Waals surface area contributed by atoms with Crippen LogP contribution in [0.1, 0.15) is 58.6 Å². The molecule has 2 rings (SSSR count). The van der Waals surface area contributed by atoms with Gasteiger partial charge < -0.3 is 18.6 Å². The summed E-state index contributed by atoms with van der Waals surface area (Å²) in [5, 5.41) is 10.7. The number of alkyl halides is 17. The predicted molar refractivity (Wildman–Crippen MR) is 211 cm³/mol. The Balaban J connectivity index is 2.33. The highest BCUT2D eigenvalue weighted by Crippen LogP contribution is 2.64. The second-order valence-electron chi connectivity index (χ2n) is 15.9. The number of ether oxygens (including phenoxy) is 3. The molecule has 0 aliphatic heterocycles. The number of hydrogen-bond acceptors (Lipinski definition) is 7. The Kier molecular flexibility index (Phi) is 20.3. The Bertz CT molecular complexity index is 2100. The zero-order chi connectivity index (χ0) is 54.1. The second-order valence-corrected chi connectivity index (χ2v) is 20.9. The summed E-state index contributed by atoms with van der Waals surface area (Å²) in [4.78, 5) is 24.1. The van der Waals surface area contributed by atoms with E-state index >= 15 is 8.78 Å². The molecule has 70 heavy (non-hydrogen) atoms. The van der Waals surface area contributed by atoms with E-state index in [0.717, 1.165) is 18.2 Å². The third-order valence-electron chi connectivity index (χ3n) is 10.8. The average Bonchev–Trinajstić information content (AvgIpc) is 3.25. The van der Waals surface area contributed by atoms with Crippen molar-refractivity contribution in [3.63, 3.8) is 0 Å². The first kappa shape index (κ1) is 61.3. The molecule has 9 nitrogen and oxygen atoms in total. The lowest BCUT2D eigenvalue weighted by Crippen LogP contribution is -2.74. The number of carbonyl (C=O) groups is 2. The van der Waals surface area contributed by atoms with E-state index in [1.807, 2.05) is 0 Å². The SMILES string of the molecule is CO[C@H](CC/C=C/C=C/C(=O)NO)[C@H](OC(=O)Nc1ccc(F)cc1F)c1ccc(OCCO[Si](CCC(F)(F)C(F)(F)C(F)(F)C(F)(F)C(F)(F)C(F)(F)C(F)(F)C(F)(F)F)(C(C)C)C(C)C)cc1. The smallest absolute Gasteiger partial charge is 0.460 e. The van der Waals surface area contributed by atoms with Gasteiger partial charge >= 0.3 is 53.7 Å². The highest BCUT2D eigenvalue weighted by molar-refractivity contribution is 6.76. The van der Waals surface area contributed by atoms with Crippen LogP contribution in [0.2, 0.25) is 17.1 Å². The van der Waals surface area contributed by atoms with Crippen LogP contribution in [0.4, 0.5) is 93.9 Å². The fraction of sp³-hybridized carbons (Fsp3) is 0.561. The monoisotopic (exact) mass is 1070 g/mol. The highest BCUT2D eigenvalue weighted by Gasteiger charge is 2.95. The molecule has 398 valence electrons. The van der Waals surface area contributed by atoms with Crippen LogP contribution < -0.4 is 15.5 Å². The minimum atomic E-state index is -8.73. The van der Waals surface area contributed by atoms with Crippen LogP contribution in [-0.2, 0) is 18.7 Å². The molecule has 29 heteroatoms. The lowest BCUT2D eigenvalue weighted by Gasteiger charge is -2.44. The average molecular weight is 1070 g/mol. The maximum atomic E-state index is 15.0. The number of hydrogen-bond donors (Lipinski definition) is 3. The number of amides is 2. The molecule has 2 amide bonds. The van der Waals surface area contributed by atoms with E-state index in [2.05, 4.69) is 5.32 Å². The van der Waals surface area contributed by atoms with E-state index in [1.165, 1.54) is 76.7 Å². The van der Waals surface area contributed by atoms with Crippen molar-refractivity contribution in [3.05, 3.63) is 84.0 Å². The molecule has 0 radical (unpaired) electrons. The summed E-state index contributed by atoms with van der Waals surface area (Å²) in [6, 6.07) is 6.18. The zero-order valence-corrected chi connectivity index (χ0v) is 38.0. The number of rotatable bonds is 26. The summed E-state index contributed by atoms with van der Waals surface area (Å²) in [6.07, 6.45) is -8.24. The summed E-state index contributed by atoms with van der Waals surface area (Å²) in [5.74, 6) is -60.0. The first-order valence-electron chi connectivity index (χ1n) is 20.2. The van der Waals surface area contributed by atoms with Crippen LogP contribution in [0.3, 0.4) is 0 Å². The minimum absolute atomic E-state index is 0.0191. The fourth-order valence-electron chi connectivity index (χ4n) is 6.71. The van der Waals surface area contributed by atoms with Crippen molar-refractivity contribution in [2.75, 3.05) is 25.6 Å². The number of nitrogens with one attached hydrogen (secondary N) is 2. The molecule has 2 aromatic rings. The first-order valence-corrected chi connectivity index (χ1v) is 22.4. The second kappa shape index (κ2) is 23.2. The molecule has 0 fully saturated rings. The van der Waals surface area contributed by atoms with Gasteiger partial charge in [0.25, 0.3) is 5.91 Å². The quantitative estimate of drug-likeness (QED) is 0.0163. The number of carbonyl (C=O) groups excluding carboxylic acids is 2. The van der Waals surface area contributed by atoms with Gasteiger partial charge in [0.2, 0.25) is 0 Å². The van der Waals surface area contributed by atoms with Crippen molar-refractivity contribution in [3.8, 4) is 5.75 Å². The predicted octanol–water partition coefficient (Wildman–Crippen LogP) is 13.2. The van der Waals surface area contributed by atoms with Crippen molar-refractivity contribution in [2.45, 2.75) is 124 Å². The van der Waals surface area contributed by atoms with E-state index in [4.69, 9.17) is 23.8 Å². The van der Waals surface area contributed by atoms with Crippen molar-refractivity contribution in [2.24, 2.45) is 0 Å². The van der Waals surface area contributed by atoms with Crippen molar-refractivity contribution < 1.29 is 117 Å². The maximum absolute atomic E-state index is 15.0. The number of allylic oxidation sites excluding steroid dienone is 3. The molecule has 2 atom stereocenters. The van der Waals surface area contributed by atoms with Crippen LogP contribution >= 0.6 is 0 Å². The van der Waals surface area contributed by atoms with Gasteiger partial charge in [-0.15, -0.1) is 0 Å². The third kappa shape index (κ3) is 13.0. The Labute approximate surface area is 387 Å². The molecule has 2 aromatic carbocycles. The molecule has 0 saturated heterocycles. The minimum Gasteiger partial charge on any atom is -0.491 e. The molecular weight excluding hydrogens is 1020 g/mol. The summed E-state index contributed by atoms with van der Waals surface area (Å²) in [5.41, 5.74) is -0.726. The van der Waals surface area contributed by atoms with Gasteiger partial charge in [-0.3, -0.25) is 15.3 Å². The normalized spacial score (nSPS) is 15.0. The van der Waals surface area contributed by atoms with Gasteiger partial charge in [0.15, 0.2) is 14.4 Å². The molecule has 0 aliphatic carbocycles. The van der Waals surface area contributed by atoms with Crippen molar-refractivity contribution in [1.29, 1.82) is 0 Å². The van der Waals surface area contributed by atoms with Gasteiger partial charge in [-0.2, -0.15) is 74.6 Å². The lowest BCUT2D eigenvalue weighted by atomic mass is 9.88. The number of benzene rings is 2. The Morgan fingerprint density at radius 1 is 0.714 bits per heavy atom. The number of hydroxylamine groups is 1. The Hall–Kier alpha value is -4.77. The number of halogens is 19. The fourth-order valence-corrected chi connectivity index (χ4v) is 11.2. The zero-order valence-electron chi connectivity index (χ0n) is 37.0. The molecule has 0 heterocycles. The first-order chi connectivity index (χ1) is 31.9. The van der Waals surface area contributed by atoms with Crippen LogP contribution in [0.15, 0.2) is 66.8 Å². The molecule has 0 unspecified atom stereocenters. The third-order valence-corrected chi connectivity index (χ3v) is 16.5. The standard InChI is InChI=1S/C41H45F19N2O7Si/c1-23(2)70(24(3)4,21-18-34(44,45)35(46,47)36(48,49)37(50,51)38(52,53)39(54,55)40(56,57)41(58,59)60)68-20-19-67-27-15-12-25(13-16-27)32(30(66-5)10-8-6-7-9-11-31(63)62-65)69-33(64)61-29-17-14-26(42)22-28(29)43/h6-7,9,11-17,22-24,30,32,65H,8,10,18-21H2,1-5H3,(H,61,64)(H,62,63)/b7-6+,11-9+/t30-,32-/m1/s1. The Morgan fingerprint density at radius 2 is 1.24 bits per heavy atom. The number of anilines is 1. The van der Waals surface area contributed by atoms with Gasteiger partial charge in [0, 0.05) is 25.7 Å². The molecule has 0 aromatic heterocycles. The molecule has 3 N–H and O–H groups in total. The summed E-state index contributed by atoms with van der Waals surface area (Å²) in [7, 11) is -2.82. The van der Waals surface area contributed by atoms with E-state index in [1.54, 1.807) is 6.08 Å². The molecule has 0 spiro atoms. The number of methoxy groups -OCH3 is 1. The lowest BCUT2D eigenvalue weighted by molar-refractivity contribution is -0.461. The maximum Gasteiger partial charge on any atom is 0.460 e. The van der Waals surface area contributed by atoms with E-state index in [0.29, 0.717) is 6.07 Å². The highest BCUT2D eigenvalue weighted by atomic mass is 28.4. The molecular formula is C41H45F19N2O7Si. The van der Waals surface area contributed by atoms with Gasteiger partial charge in [-0.05, 0) is 59.8 Å². The van der Waals surface area contributed by atoms with Gasteiger partial charge in [-0.1, -0.05) is 58.1 Å². The Morgan fingerprint density at radius 3 is 1.73 bits per heavy atom. The van der Waals surface area contributed by atoms with Crippen LogP contribution in [0.5, 0.6) is 5.75 Å². The summed E-state index contributed by atoms with van der Waals surface area (Å²) >= 11 is 0. The summed E-state index contributed by atoms with van der Waals surface area (Å²) in [6.45, 7) is 4.03. The van der Waals surface area contributed by atoms with Gasteiger partial charge in [-0.25, -0.2) is 19.1 Å². The van der Waals surface area contributed by atoms with Crippen LogP contribution in [-0.4, -0.2) is 99.6 Å². The molecule has 0 aliphatic rings. The van der Waals surface area contributed by atoms with E-state index < -0.39 is 134 Å². The van der Waals surface area contributed by atoms with Crippen molar-refractivity contribution in [1.82, 2.24) is 5.48 Å². The molecule has 0 saturated carbocycles. The van der Waals surface area contributed by atoms with Crippen LogP contribution in [0, 0.1) is 11.6 Å². The summed E-state index contributed by atoms with van der Waals surface area (Å²) < 4.78 is 286. The topological polar surface area (TPSA) is 115 Å². The van der Waals surface area contributed by atoms with Crippen LogP contribution in [0.25, 0.3) is 0 Å². The van der Waals surface area contributed by atoms with Gasteiger partial charge in [0.1, 0.15) is 24.0 Å². The van der Waals surface area contributed by atoms with E-state index in [-0.39, 0.29) is 24.2 Å². The molecule has 0 bridgehead atoms. The van der Waals surface area contributed by atoms with E-state index in [9.17, 15) is 84.2 Å². The van der Waals surface area contributed by atoms with Gasteiger partial charge in [0.05, 0.1) is 18.4 Å².